The molecule has 16 heavy (non-hydrogen) atoms. The number of hydrogen-bond donors (Lipinski definition) is 1. The van der Waals surface area contributed by atoms with Crippen molar-refractivity contribution < 1.29 is 0 Å². The molecular weight excluding hydrogens is 198 g/mol. The molecule has 0 amide bonds. The van der Waals surface area contributed by atoms with Crippen LogP contribution in [0.25, 0.3) is 0 Å². The summed E-state index contributed by atoms with van der Waals surface area (Å²) in [5.74, 6) is 0. The van der Waals surface area contributed by atoms with E-state index in [0.717, 1.165) is 6.04 Å². The van der Waals surface area contributed by atoms with Crippen LogP contribution >= 0.6 is 0 Å². The Morgan fingerprint density at radius 1 is 1.06 bits per heavy atom. The monoisotopic (exact) mass is 225 g/mol. The Hall–Kier alpha value is -0.120. The fourth-order valence-corrected chi connectivity index (χ4v) is 2.45. The largest absolute Gasteiger partial charge is 0.314 e. The van der Waals surface area contributed by atoms with Crippen LogP contribution in [0.1, 0.15) is 32.1 Å². The van der Waals surface area contributed by atoms with Crippen LogP contribution in [0.4, 0.5) is 0 Å². The zero-order chi connectivity index (χ0) is 11.2. The number of piperazine rings is 1. The minimum Gasteiger partial charge on any atom is -0.314 e. The highest BCUT2D eigenvalue weighted by molar-refractivity contribution is 4.76. The summed E-state index contributed by atoms with van der Waals surface area (Å²) in [6, 6.07) is 0.864. The number of likely N-dealkylation sites (N-methyl/N-ethyl adjacent to an activating group) is 1. The van der Waals surface area contributed by atoms with E-state index in [1.165, 1.54) is 71.4 Å². The number of nitrogens with one attached hydrogen (secondary N) is 1. The van der Waals surface area contributed by atoms with Gasteiger partial charge in [-0.1, -0.05) is 6.42 Å². The van der Waals surface area contributed by atoms with Crippen LogP contribution in [0.5, 0.6) is 0 Å². The van der Waals surface area contributed by atoms with Gasteiger partial charge in [-0.05, 0) is 45.8 Å². The Bertz CT molecular complexity index is 184. The Kier molecular flexibility index (Phi) is 5.07. The third-order valence-corrected chi connectivity index (χ3v) is 4.04. The van der Waals surface area contributed by atoms with Crippen LogP contribution < -0.4 is 5.32 Å². The lowest BCUT2D eigenvalue weighted by molar-refractivity contribution is 0.152. The number of unbranched alkanes of at least 4 members (excludes halogenated alkanes) is 1. The van der Waals surface area contributed by atoms with Gasteiger partial charge in [-0.25, -0.2) is 0 Å². The van der Waals surface area contributed by atoms with E-state index in [2.05, 4.69) is 22.2 Å². The van der Waals surface area contributed by atoms with Gasteiger partial charge in [0.05, 0.1) is 0 Å². The number of rotatable bonds is 6. The van der Waals surface area contributed by atoms with Crippen molar-refractivity contribution in [2.75, 3.05) is 46.3 Å². The molecule has 0 aromatic rings. The second-order valence-electron chi connectivity index (χ2n) is 5.43. The molecule has 1 saturated carbocycles. The zero-order valence-corrected chi connectivity index (χ0v) is 10.7. The van der Waals surface area contributed by atoms with Crippen LogP contribution in [0.3, 0.4) is 0 Å². The summed E-state index contributed by atoms with van der Waals surface area (Å²) >= 11 is 0. The summed E-state index contributed by atoms with van der Waals surface area (Å²) in [6.45, 7) is 7.58. The van der Waals surface area contributed by atoms with E-state index in [4.69, 9.17) is 0 Å². The fraction of sp³-hybridized carbons (Fsp3) is 1.00. The minimum absolute atomic E-state index is 0.864. The van der Waals surface area contributed by atoms with Gasteiger partial charge in [0.25, 0.3) is 0 Å². The minimum atomic E-state index is 0.864. The van der Waals surface area contributed by atoms with E-state index in [9.17, 15) is 0 Å². The number of hydrogen-bond acceptors (Lipinski definition) is 3. The van der Waals surface area contributed by atoms with Gasteiger partial charge in [-0.2, -0.15) is 0 Å². The van der Waals surface area contributed by atoms with Gasteiger partial charge < -0.3 is 15.1 Å². The molecule has 2 rings (SSSR count). The molecule has 3 nitrogen and oxygen atoms in total. The number of nitrogens with zero attached hydrogens (tertiary/aromatic N) is 2. The third-order valence-electron chi connectivity index (χ3n) is 4.04. The highest BCUT2D eigenvalue weighted by Crippen LogP contribution is 2.17. The van der Waals surface area contributed by atoms with Crippen LogP contribution in [0, 0.1) is 0 Å². The van der Waals surface area contributed by atoms with Gasteiger partial charge in [0.1, 0.15) is 0 Å². The molecule has 1 N–H and O–H groups in total. The predicted molar refractivity (Wildman–Crippen MR) is 68.8 cm³/mol. The smallest absolute Gasteiger partial charge is 0.0110 e. The van der Waals surface area contributed by atoms with Crippen molar-refractivity contribution >= 4 is 0 Å². The lowest BCUT2D eigenvalue weighted by atomic mass is 9.93. The molecule has 1 aliphatic carbocycles. The highest BCUT2D eigenvalue weighted by atomic mass is 15.2. The van der Waals surface area contributed by atoms with Crippen molar-refractivity contribution in [1.29, 1.82) is 0 Å². The quantitative estimate of drug-likeness (QED) is 0.684. The average Bonchev–Trinajstić information content (AvgIpc) is 2.23. The van der Waals surface area contributed by atoms with Crippen molar-refractivity contribution in [1.82, 2.24) is 15.1 Å². The Morgan fingerprint density at radius 3 is 2.44 bits per heavy atom. The highest BCUT2D eigenvalue weighted by Gasteiger charge is 2.16. The molecule has 94 valence electrons. The molecule has 1 heterocycles. The summed E-state index contributed by atoms with van der Waals surface area (Å²) in [7, 11) is 2.22. The van der Waals surface area contributed by atoms with E-state index >= 15 is 0 Å². The molecule has 1 saturated heterocycles. The molecule has 0 aromatic heterocycles. The van der Waals surface area contributed by atoms with Crippen molar-refractivity contribution in [3.8, 4) is 0 Å². The molecule has 0 atom stereocenters. The fourth-order valence-electron chi connectivity index (χ4n) is 2.45. The molecule has 0 spiro atoms. The van der Waals surface area contributed by atoms with Crippen LogP contribution in [-0.2, 0) is 0 Å². The van der Waals surface area contributed by atoms with Gasteiger partial charge in [-0.15, -0.1) is 0 Å². The van der Waals surface area contributed by atoms with Crippen molar-refractivity contribution in [2.24, 2.45) is 0 Å². The van der Waals surface area contributed by atoms with Gasteiger partial charge in [-0.3, -0.25) is 0 Å². The Balaban J connectivity index is 1.42. The first-order valence-electron chi connectivity index (χ1n) is 6.99. The van der Waals surface area contributed by atoms with Gasteiger partial charge >= 0.3 is 0 Å². The normalized spacial score (nSPS) is 24.6. The predicted octanol–water partition coefficient (Wildman–Crippen LogP) is 1.16. The Labute approximate surface area is 100 Å². The molecule has 0 radical (unpaired) electrons. The first-order valence-corrected chi connectivity index (χ1v) is 6.99. The molecular formula is C13H27N3. The van der Waals surface area contributed by atoms with Gasteiger partial charge in [0.2, 0.25) is 0 Å². The maximum absolute atomic E-state index is 3.64. The van der Waals surface area contributed by atoms with Crippen molar-refractivity contribution in [3.05, 3.63) is 0 Å². The van der Waals surface area contributed by atoms with Gasteiger partial charge in [0.15, 0.2) is 0 Å². The summed E-state index contributed by atoms with van der Waals surface area (Å²) in [6.07, 6.45) is 6.99. The van der Waals surface area contributed by atoms with Crippen LogP contribution in [0.15, 0.2) is 0 Å². The SMILES string of the molecule is CN1CCN(CCCCNC2CCC2)CC1. The van der Waals surface area contributed by atoms with Crippen molar-refractivity contribution in [2.45, 2.75) is 38.1 Å². The van der Waals surface area contributed by atoms with E-state index in [-0.39, 0.29) is 0 Å². The third kappa shape index (κ3) is 4.04. The molecule has 0 aromatic carbocycles. The lowest BCUT2D eigenvalue weighted by Gasteiger charge is -2.32. The average molecular weight is 225 g/mol. The maximum Gasteiger partial charge on any atom is 0.0110 e. The van der Waals surface area contributed by atoms with Gasteiger partial charge in [0, 0.05) is 32.2 Å². The summed E-state index contributed by atoms with van der Waals surface area (Å²) < 4.78 is 0. The molecule has 2 fully saturated rings. The summed E-state index contributed by atoms with van der Waals surface area (Å²) in [5.41, 5.74) is 0. The molecule has 2 aliphatic rings. The molecule has 3 heteroatoms. The molecule has 1 aliphatic heterocycles. The van der Waals surface area contributed by atoms with Crippen LogP contribution in [-0.4, -0.2) is 62.2 Å². The zero-order valence-electron chi connectivity index (χ0n) is 10.7. The van der Waals surface area contributed by atoms with E-state index in [1.807, 2.05) is 0 Å². The topological polar surface area (TPSA) is 18.5 Å². The standard InChI is InChI=1S/C13H27N3/c1-15-9-11-16(12-10-15)8-3-2-7-14-13-5-4-6-13/h13-14H,2-12H2,1H3. The van der Waals surface area contributed by atoms with Crippen LogP contribution in [0.2, 0.25) is 0 Å². The first-order chi connectivity index (χ1) is 7.84. The second kappa shape index (κ2) is 6.58. The maximum atomic E-state index is 3.64. The first kappa shape index (κ1) is 12.3. The van der Waals surface area contributed by atoms with E-state index in [0.29, 0.717) is 0 Å². The molecule has 0 bridgehead atoms. The van der Waals surface area contributed by atoms with E-state index in [1.54, 1.807) is 0 Å². The Morgan fingerprint density at radius 2 is 1.81 bits per heavy atom. The van der Waals surface area contributed by atoms with E-state index < -0.39 is 0 Å². The summed E-state index contributed by atoms with van der Waals surface area (Å²) in [5, 5.41) is 3.64. The van der Waals surface area contributed by atoms with Crippen molar-refractivity contribution in [3.63, 3.8) is 0 Å². The molecule has 0 unspecified atom stereocenters. The second-order valence-corrected chi connectivity index (χ2v) is 5.43. The summed E-state index contributed by atoms with van der Waals surface area (Å²) in [4.78, 5) is 5.04. The lowest BCUT2D eigenvalue weighted by Crippen LogP contribution is -2.44.